The number of hydrogen-bond acceptors (Lipinski definition) is 5. The fraction of sp³-hybridized carbons (Fsp3) is 0.550. The van der Waals surface area contributed by atoms with Crippen LogP contribution < -0.4 is 4.74 Å². The topological polar surface area (TPSA) is 93.2 Å². The molecule has 2 unspecified atom stereocenters. The van der Waals surface area contributed by atoms with Crippen LogP contribution in [-0.2, 0) is 17.6 Å². The van der Waals surface area contributed by atoms with E-state index >= 15 is 0 Å². The standard InChI is InChI=1S/C20H23ClN4O3/c1-12(24-25-22)10-26-15-5-7-19-17(9-15)23-20(28-19)14-4-6-18(16(21)8-14)27-11-13-2-3-13/h4,6,8,12-13,15H,2-3,5,7,9-11H2,1H3. The number of aromatic nitrogens is 1. The van der Waals surface area contributed by atoms with Gasteiger partial charge in [0.1, 0.15) is 11.5 Å². The van der Waals surface area contributed by atoms with E-state index in [1.165, 1.54) is 12.8 Å². The first kappa shape index (κ1) is 19.1. The van der Waals surface area contributed by atoms with Crippen LogP contribution in [0.5, 0.6) is 5.75 Å². The van der Waals surface area contributed by atoms with Gasteiger partial charge in [-0.05, 0) is 48.9 Å². The minimum absolute atomic E-state index is 0.0589. The third-order valence-corrected chi connectivity index (χ3v) is 5.36. The molecule has 0 bridgehead atoms. The van der Waals surface area contributed by atoms with E-state index in [4.69, 9.17) is 31.0 Å². The van der Waals surface area contributed by atoms with Crippen molar-refractivity contribution in [3.63, 3.8) is 0 Å². The Balaban J connectivity index is 1.41. The van der Waals surface area contributed by atoms with Gasteiger partial charge in [-0.15, -0.1) is 0 Å². The summed E-state index contributed by atoms with van der Waals surface area (Å²) in [5.74, 6) is 2.86. The summed E-state index contributed by atoms with van der Waals surface area (Å²) in [6.07, 6.45) is 4.87. The zero-order chi connectivity index (χ0) is 19.5. The second kappa shape index (κ2) is 8.43. The van der Waals surface area contributed by atoms with Gasteiger partial charge in [-0.2, -0.15) is 0 Å². The van der Waals surface area contributed by atoms with Gasteiger partial charge in [0, 0.05) is 23.3 Å². The third kappa shape index (κ3) is 4.61. The maximum absolute atomic E-state index is 8.47. The number of oxazole rings is 1. The van der Waals surface area contributed by atoms with Crippen LogP contribution in [0.4, 0.5) is 0 Å². The van der Waals surface area contributed by atoms with Gasteiger partial charge in [0.05, 0.1) is 36.1 Å². The molecule has 1 fully saturated rings. The van der Waals surface area contributed by atoms with E-state index in [9.17, 15) is 0 Å². The van der Waals surface area contributed by atoms with Gasteiger partial charge in [-0.1, -0.05) is 23.6 Å². The van der Waals surface area contributed by atoms with Crippen molar-refractivity contribution in [1.29, 1.82) is 0 Å². The molecule has 1 aromatic carbocycles. The zero-order valence-corrected chi connectivity index (χ0v) is 16.6. The second-order valence-electron chi connectivity index (χ2n) is 7.54. The minimum Gasteiger partial charge on any atom is -0.492 e. The summed E-state index contributed by atoms with van der Waals surface area (Å²) < 4.78 is 17.6. The summed E-state index contributed by atoms with van der Waals surface area (Å²) in [5, 5.41) is 4.21. The van der Waals surface area contributed by atoms with Crippen LogP contribution in [0.25, 0.3) is 21.9 Å². The van der Waals surface area contributed by atoms with Crippen LogP contribution in [0.1, 0.15) is 37.6 Å². The van der Waals surface area contributed by atoms with E-state index in [1.807, 2.05) is 25.1 Å². The molecule has 2 aliphatic rings. The maximum atomic E-state index is 8.47. The lowest BCUT2D eigenvalue weighted by atomic mass is 9.99. The van der Waals surface area contributed by atoms with E-state index < -0.39 is 0 Å². The van der Waals surface area contributed by atoms with Gasteiger partial charge in [-0.3, -0.25) is 0 Å². The van der Waals surface area contributed by atoms with Crippen LogP contribution in [0, 0.1) is 5.92 Å². The molecule has 0 aliphatic heterocycles. The molecule has 4 rings (SSSR count). The maximum Gasteiger partial charge on any atom is 0.226 e. The molecule has 0 amide bonds. The quantitative estimate of drug-likeness (QED) is 0.337. The van der Waals surface area contributed by atoms with Gasteiger partial charge in [0.25, 0.3) is 0 Å². The van der Waals surface area contributed by atoms with Crippen LogP contribution in [0.2, 0.25) is 5.02 Å². The van der Waals surface area contributed by atoms with Gasteiger partial charge in [-0.25, -0.2) is 4.98 Å². The highest BCUT2D eigenvalue weighted by Gasteiger charge is 2.26. The number of aryl methyl sites for hydroxylation is 1. The Bertz CT molecular complexity index is 890. The van der Waals surface area contributed by atoms with Crippen molar-refractivity contribution in [2.75, 3.05) is 13.2 Å². The highest BCUT2D eigenvalue weighted by Crippen LogP contribution is 2.35. The summed E-state index contributed by atoms with van der Waals surface area (Å²) in [5.41, 5.74) is 10.2. The molecule has 2 atom stereocenters. The van der Waals surface area contributed by atoms with Gasteiger partial charge in [0.2, 0.25) is 5.89 Å². The van der Waals surface area contributed by atoms with E-state index in [-0.39, 0.29) is 12.1 Å². The van der Waals surface area contributed by atoms with E-state index in [0.29, 0.717) is 35.6 Å². The van der Waals surface area contributed by atoms with E-state index in [0.717, 1.165) is 36.5 Å². The molecule has 28 heavy (non-hydrogen) atoms. The molecule has 0 N–H and O–H groups in total. The van der Waals surface area contributed by atoms with Crippen molar-refractivity contribution in [1.82, 2.24) is 4.98 Å². The molecule has 0 spiro atoms. The Morgan fingerprint density at radius 3 is 3.00 bits per heavy atom. The molecule has 2 aliphatic carbocycles. The Labute approximate surface area is 168 Å². The number of ether oxygens (including phenoxy) is 2. The summed E-state index contributed by atoms with van der Waals surface area (Å²) in [6.45, 7) is 2.97. The highest BCUT2D eigenvalue weighted by atomic mass is 35.5. The number of nitrogens with zero attached hydrogens (tertiary/aromatic N) is 4. The van der Waals surface area contributed by atoms with Crippen molar-refractivity contribution < 1.29 is 13.9 Å². The SMILES string of the molecule is CC(COC1CCc2oc(-c3ccc(OCC4CC4)c(Cl)c3)nc2C1)N=[N+]=[N-]. The molecule has 7 nitrogen and oxygen atoms in total. The third-order valence-electron chi connectivity index (χ3n) is 5.06. The smallest absolute Gasteiger partial charge is 0.226 e. The summed E-state index contributed by atoms with van der Waals surface area (Å²) in [6, 6.07) is 5.48. The predicted octanol–water partition coefficient (Wildman–Crippen LogP) is 5.36. The lowest BCUT2D eigenvalue weighted by Crippen LogP contribution is -2.25. The zero-order valence-electron chi connectivity index (χ0n) is 15.8. The molecular formula is C20H23ClN4O3. The van der Waals surface area contributed by atoms with Gasteiger partial charge >= 0.3 is 0 Å². The lowest BCUT2D eigenvalue weighted by Gasteiger charge is -2.21. The van der Waals surface area contributed by atoms with Crippen LogP contribution in [0.3, 0.4) is 0 Å². The first-order chi connectivity index (χ1) is 13.6. The number of azide groups is 1. The summed E-state index contributed by atoms with van der Waals surface area (Å²) in [4.78, 5) is 7.47. The predicted molar refractivity (Wildman–Crippen MR) is 106 cm³/mol. The Hall–Kier alpha value is -2.21. The monoisotopic (exact) mass is 402 g/mol. The van der Waals surface area contributed by atoms with Crippen molar-refractivity contribution in [2.24, 2.45) is 11.0 Å². The molecule has 2 aromatic rings. The van der Waals surface area contributed by atoms with Crippen molar-refractivity contribution in [3.05, 3.63) is 45.1 Å². The number of rotatable bonds is 8. The average Bonchev–Trinajstić information content (AvgIpc) is 3.42. The molecule has 1 heterocycles. The summed E-state index contributed by atoms with van der Waals surface area (Å²) >= 11 is 6.38. The first-order valence-electron chi connectivity index (χ1n) is 9.69. The molecule has 148 valence electrons. The van der Waals surface area contributed by atoms with Crippen LogP contribution in [0.15, 0.2) is 27.7 Å². The Morgan fingerprint density at radius 1 is 1.39 bits per heavy atom. The Kier molecular flexibility index (Phi) is 5.76. The lowest BCUT2D eigenvalue weighted by molar-refractivity contribution is 0.0359. The van der Waals surface area contributed by atoms with E-state index in [1.54, 1.807) is 0 Å². The molecular weight excluding hydrogens is 380 g/mol. The van der Waals surface area contributed by atoms with Crippen LogP contribution in [-0.4, -0.2) is 30.3 Å². The first-order valence-corrected chi connectivity index (χ1v) is 10.1. The molecule has 0 saturated heterocycles. The summed E-state index contributed by atoms with van der Waals surface area (Å²) in [7, 11) is 0. The number of halogens is 1. The molecule has 1 saturated carbocycles. The van der Waals surface area contributed by atoms with Gasteiger partial charge in [0.15, 0.2) is 0 Å². The normalized spacial score (nSPS) is 19.6. The fourth-order valence-corrected chi connectivity index (χ4v) is 3.49. The minimum atomic E-state index is -0.179. The van der Waals surface area contributed by atoms with Crippen LogP contribution >= 0.6 is 11.6 Å². The fourth-order valence-electron chi connectivity index (χ4n) is 3.25. The number of benzene rings is 1. The molecule has 1 aromatic heterocycles. The number of hydrogen-bond donors (Lipinski definition) is 0. The second-order valence-corrected chi connectivity index (χ2v) is 7.95. The Morgan fingerprint density at radius 2 is 2.25 bits per heavy atom. The highest BCUT2D eigenvalue weighted by molar-refractivity contribution is 6.32. The molecule has 8 heteroatoms. The van der Waals surface area contributed by atoms with Crippen molar-refractivity contribution in [3.8, 4) is 17.2 Å². The van der Waals surface area contributed by atoms with Gasteiger partial charge < -0.3 is 13.9 Å². The largest absolute Gasteiger partial charge is 0.492 e. The van der Waals surface area contributed by atoms with E-state index in [2.05, 4.69) is 15.0 Å². The molecule has 0 radical (unpaired) electrons. The van der Waals surface area contributed by atoms with Crippen molar-refractivity contribution in [2.45, 2.75) is 51.2 Å². The number of fused-ring (bicyclic) bond motifs is 1. The average molecular weight is 403 g/mol. The van der Waals surface area contributed by atoms with Crippen molar-refractivity contribution >= 4 is 11.6 Å².